The molecule has 0 bridgehead atoms. The molecule has 2 heteroatoms. The van der Waals surface area contributed by atoms with Gasteiger partial charge in [0.15, 0.2) is 0 Å². The summed E-state index contributed by atoms with van der Waals surface area (Å²) >= 11 is 0. The smallest absolute Gasteiger partial charge is 0.270 e. The van der Waals surface area contributed by atoms with Gasteiger partial charge in [0, 0.05) is 13.1 Å². The van der Waals surface area contributed by atoms with E-state index in [1.54, 1.807) is 5.57 Å². The van der Waals surface area contributed by atoms with E-state index in [1.807, 2.05) is 0 Å². The van der Waals surface area contributed by atoms with E-state index in [4.69, 9.17) is 6.57 Å². The first-order valence-corrected chi connectivity index (χ1v) is 5.10. The Bertz CT molecular complexity index is 213. The van der Waals surface area contributed by atoms with Crippen molar-refractivity contribution in [2.24, 2.45) is 0 Å². The Morgan fingerprint density at radius 1 is 1.62 bits per heavy atom. The second kappa shape index (κ2) is 5.77. The fraction of sp³-hybridized carbons (Fsp3) is 0.727. The Labute approximate surface area is 81.1 Å². The molecule has 0 aromatic heterocycles. The molecule has 0 aromatic rings. The van der Waals surface area contributed by atoms with Gasteiger partial charge in [-0.2, -0.15) is 0 Å². The van der Waals surface area contributed by atoms with Crippen LogP contribution in [0, 0.1) is 6.57 Å². The lowest BCUT2D eigenvalue weighted by molar-refractivity contribution is 0.321. The molecule has 0 saturated carbocycles. The summed E-state index contributed by atoms with van der Waals surface area (Å²) in [5.41, 5.74) is 1.60. The van der Waals surface area contributed by atoms with Gasteiger partial charge in [-0.15, -0.1) is 0 Å². The van der Waals surface area contributed by atoms with Crippen LogP contribution in [0.2, 0.25) is 0 Å². The van der Waals surface area contributed by atoms with E-state index in [0.717, 1.165) is 13.1 Å². The Balaban J connectivity index is 2.27. The maximum atomic E-state index is 6.76. The molecule has 2 nitrogen and oxygen atoms in total. The quantitative estimate of drug-likeness (QED) is 0.474. The molecule has 0 atom stereocenters. The number of hydrogen-bond acceptors (Lipinski definition) is 1. The second-order valence-electron chi connectivity index (χ2n) is 3.59. The van der Waals surface area contributed by atoms with Crippen molar-refractivity contribution in [3.05, 3.63) is 23.1 Å². The average Bonchev–Trinajstić information content (AvgIpc) is 2.17. The van der Waals surface area contributed by atoms with E-state index in [0.29, 0.717) is 6.67 Å². The number of unbranched alkanes of at least 4 members (excludes halogenated alkanes) is 1. The largest absolute Gasteiger partial charge is 0.299 e. The van der Waals surface area contributed by atoms with Crippen LogP contribution in [-0.4, -0.2) is 24.7 Å². The first-order valence-electron chi connectivity index (χ1n) is 5.10. The highest BCUT2D eigenvalue weighted by molar-refractivity contribution is 5.07. The van der Waals surface area contributed by atoms with Crippen LogP contribution in [0.15, 0.2) is 11.6 Å². The van der Waals surface area contributed by atoms with Crippen LogP contribution >= 0.6 is 0 Å². The lowest BCUT2D eigenvalue weighted by Gasteiger charge is -2.21. The molecular weight excluding hydrogens is 160 g/mol. The molecule has 0 amide bonds. The van der Waals surface area contributed by atoms with E-state index < -0.39 is 0 Å². The highest BCUT2D eigenvalue weighted by Crippen LogP contribution is 2.16. The van der Waals surface area contributed by atoms with Crippen molar-refractivity contribution in [1.82, 2.24) is 4.90 Å². The fourth-order valence-electron chi connectivity index (χ4n) is 1.61. The SMILES string of the molecule is [C-]#[N+]CN1CC=C(CCCC)CC1. The number of nitrogens with zero attached hydrogens (tertiary/aromatic N) is 2. The van der Waals surface area contributed by atoms with Crippen molar-refractivity contribution in [3.8, 4) is 0 Å². The topological polar surface area (TPSA) is 7.60 Å². The minimum absolute atomic E-state index is 0.567. The maximum absolute atomic E-state index is 6.76. The van der Waals surface area contributed by atoms with Gasteiger partial charge in [-0.05, 0) is 19.3 Å². The van der Waals surface area contributed by atoms with E-state index in [1.165, 1.54) is 25.7 Å². The molecule has 0 N–H and O–H groups in total. The van der Waals surface area contributed by atoms with Crippen molar-refractivity contribution in [2.45, 2.75) is 32.6 Å². The number of hydrogen-bond donors (Lipinski definition) is 0. The fourth-order valence-corrected chi connectivity index (χ4v) is 1.61. The third kappa shape index (κ3) is 3.61. The predicted molar refractivity (Wildman–Crippen MR) is 55.3 cm³/mol. The molecular formula is C11H18N2. The van der Waals surface area contributed by atoms with Crippen LogP contribution in [0.5, 0.6) is 0 Å². The Morgan fingerprint density at radius 3 is 3.00 bits per heavy atom. The monoisotopic (exact) mass is 178 g/mol. The van der Waals surface area contributed by atoms with Gasteiger partial charge in [0.2, 0.25) is 0 Å². The lowest BCUT2D eigenvalue weighted by Crippen LogP contribution is -2.28. The van der Waals surface area contributed by atoms with Crippen LogP contribution in [0.1, 0.15) is 32.6 Å². The molecule has 0 aliphatic carbocycles. The molecule has 0 saturated heterocycles. The molecule has 13 heavy (non-hydrogen) atoms. The predicted octanol–water partition coefficient (Wildman–Crippen LogP) is 2.69. The lowest BCUT2D eigenvalue weighted by atomic mass is 10.0. The molecule has 72 valence electrons. The van der Waals surface area contributed by atoms with Crippen molar-refractivity contribution in [2.75, 3.05) is 19.8 Å². The summed E-state index contributed by atoms with van der Waals surface area (Å²) in [4.78, 5) is 5.59. The minimum atomic E-state index is 0.567. The van der Waals surface area contributed by atoms with Crippen molar-refractivity contribution < 1.29 is 0 Å². The van der Waals surface area contributed by atoms with Crippen molar-refractivity contribution >= 4 is 0 Å². The van der Waals surface area contributed by atoms with Gasteiger partial charge in [0.1, 0.15) is 0 Å². The Morgan fingerprint density at radius 2 is 2.46 bits per heavy atom. The van der Waals surface area contributed by atoms with Gasteiger partial charge in [0.25, 0.3) is 6.67 Å². The normalized spacial score (nSPS) is 18.0. The van der Waals surface area contributed by atoms with Crippen LogP contribution < -0.4 is 0 Å². The maximum Gasteiger partial charge on any atom is 0.270 e. The molecule has 0 aromatic carbocycles. The summed E-state index contributed by atoms with van der Waals surface area (Å²) < 4.78 is 0. The van der Waals surface area contributed by atoms with Gasteiger partial charge in [0.05, 0.1) is 0 Å². The second-order valence-corrected chi connectivity index (χ2v) is 3.59. The molecule has 1 heterocycles. The van der Waals surface area contributed by atoms with Gasteiger partial charge in [-0.25, -0.2) is 11.5 Å². The zero-order valence-corrected chi connectivity index (χ0v) is 8.42. The third-order valence-corrected chi connectivity index (χ3v) is 2.51. The van der Waals surface area contributed by atoms with E-state index >= 15 is 0 Å². The summed E-state index contributed by atoms with van der Waals surface area (Å²) in [7, 11) is 0. The highest BCUT2D eigenvalue weighted by Gasteiger charge is 2.11. The zero-order chi connectivity index (χ0) is 9.52. The molecule has 0 unspecified atom stereocenters. The molecule has 0 radical (unpaired) electrons. The van der Waals surface area contributed by atoms with Crippen molar-refractivity contribution in [1.29, 1.82) is 0 Å². The molecule has 1 aliphatic rings. The summed E-state index contributed by atoms with van der Waals surface area (Å²) in [6, 6.07) is 0. The van der Waals surface area contributed by atoms with Gasteiger partial charge >= 0.3 is 0 Å². The summed E-state index contributed by atoms with van der Waals surface area (Å²) in [6.45, 7) is 11.6. The summed E-state index contributed by atoms with van der Waals surface area (Å²) in [5, 5.41) is 0. The summed E-state index contributed by atoms with van der Waals surface area (Å²) in [5.74, 6) is 0. The standard InChI is InChI=1S/C11H18N2/c1-3-4-5-11-6-8-13(9-7-11)10-12-2/h6H,3-5,7-10H2,1H3. The van der Waals surface area contributed by atoms with Crippen LogP contribution in [-0.2, 0) is 0 Å². The first-order chi connectivity index (χ1) is 6.36. The number of rotatable bonds is 4. The van der Waals surface area contributed by atoms with Crippen LogP contribution in [0.25, 0.3) is 4.85 Å². The van der Waals surface area contributed by atoms with Gasteiger partial charge < -0.3 is 0 Å². The Kier molecular flexibility index (Phi) is 4.56. The third-order valence-electron chi connectivity index (χ3n) is 2.51. The minimum Gasteiger partial charge on any atom is -0.299 e. The first kappa shape index (κ1) is 10.3. The summed E-state index contributed by atoms with van der Waals surface area (Å²) in [6.07, 6.45) is 7.35. The van der Waals surface area contributed by atoms with Gasteiger partial charge in [-0.3, -0.25) is 4.85 Å². The van der Waals surface area contributed by atoms with E-state index in [9.17, 15) is 0 Å². The molecule has 0 spiro atoms. The molecule has 0 fully saturated rings. The van der Waals surface area contributed by atoms with Crippen molar-refractivity contribution in [3.63, 3.8) is 0 Å². The van der Waals surface area contributed by atoms with Crippen LogP contribution in [0.4, 0.5) is 0 Å². The molecule has 1 aliphatic heterocycles. The highest BCUT2D eigenvalue weighted by atomic mass is 15.2. The van der Waals surface area contributed by atoms with E-state index in [2.05, 4.69) is 22.7 Å². The van der Waals surface area contributed by atoms with Gasteiger partial charge in [-0.1, -0.05) is 25.0 Å². The Hall–Kier alpha value is -0.810. The zero-order valence-electron chi connectivity index (χ0n) is 8.42. The average molecular weight is 178 g/mol. The van der Waals surface area contributed by atoms with Crippen LogP contribution in [0.3, 0.4) is 0 Å². The van der Waals surface area contributed by atoms with E-state index in [-0.39, 0.29) is 0 Å². The molecule has 1 rings (SSSR count).